The third-order valence-electron chi connectivity index (χ3n) is 6.04. The molecule has 0 saturated carbocycles. The van der Waals surface area contributed by atoms with Crippen molar-refractivity contribution in [1.82, 2.24) is 4.90 Å². The summed E-state index contributed by atoms with van der Waals surface area (Å²) in [5.74, 6) is -2.26. The van der Waals surface area contributed by atoms with E-state index in [2.05, 4.69) is 0 Å². The van der Waals surface area contributed by atoms with Gasteiger partial charge in [-0.05, 0) is 49.3 Å². The fourth-order valence-electron chi connectivity index (χ4n) is 4.04. The van der Waals surface area contributed by atoms with Gasteiger partial charge in [-0.2, -0.15) is 0 Å². The maximum absolute atomic E-state index is 13.5. The molecule has 0 saturated heterocycles. The average Bonchev–Trinajstić information content (AvgIpc) is 2.74. The molecule has 0 aliphatic heterocycles. The van der Waals surface area contributed by atoms with Crippen molar-refractivity contribution in [1.29, 1.82) is 0 Å². The van der Waals surface area contributed by atoms with Crippen molar-refractivity contribution in [3.8, 4) is 0 Å². The molecule has 0 fully saturated rings. The first kappa shape index (κ1) is 31.4. The zero-order valence-electron chi connectivity index (χ0n) is 21.4. The number of hydrogen-bond donors (Lipinski definition) is 3. The molecule has 0 bridgehead atoms. The van der Waals surface area contributed by atoms with Crippen molar-refractivity contribution >= 4 is 15.7 Å². The number of hydrogen-bond acceptors (Lipinski definition) is 6. The zero-order valence-corrected chi connectivity index (χ0v) is 22.2. The Bertz CT molecular complexity index is 872. The van der Waals surface area contributed by atoms with Gasteiger partial charge < -0.3 is 21.5 Å². The molecule has 3 atom stereocenters. The molecular weight excluding hydrogens is 476 g/mol. The molecule has 0 radical (unpaired) electrons. The van der Waals surface area contributed by atoms with Crippen LogP contribution in [0.3, 0.4) is 0 Å². The van der Waals surface area contributed by atoms with Crippen molar-refractivity contribution in [2.24, 2.45) is 17.4 Å². The number of carbonyl (C=O) groups is 1. The number of rotatable bonds is 16. The smallest absolute Gasteiger partial charge is 0.240 e. The Morgan fingerprint density at radius 1 is 1.03 bits per heavy atom. The van der Waals surface area contributed by atoms with Crippen molar-refractivity contribution in [2.75, 3.05) is 18.8 Å². The molecular formula is C25H43F2N3O4S. The molecule has 0 spiro atoms. The lowest BCUT2D eigenvalue weighted by molar-refractivity contribution is -0.133. The van der Waals surface area contributed by atoms with Gasteiger partial charge in [0.2, 0.25) is 5.91 Å². The highest BCUT2D eigenvalue weighted by atomic mass is 32.2. The van der Waals surface area contributed by atoms with E-state index in [-0.39, 0.29) is 31.0 Å². The normalized spacial score (nSPS) is 14.8. The Labute approximate surface area is 209 Å². The van der Waals surface area contributed by atoms with Gasteiger partial charge in [0.05, 0.1) is 23.1 Å². The second-order valence-corrected chi connectivity index (χ2v) is 12.1. The van der Waals surface area contributed by atoms with Gasteiger partial charge in [-0.3, -0.25) is 4.79 Å². The molecule has 1 amide bonds. The van der Waals surface area contributed by atoms with Gasteiger partial charge in [-0.15, -0.1) is 0 Å². The fourth-order valence-corrected chi connectivity index (χ4v) is 6.15. The number of aliphatic hydroxyl groups excluding tert-OH is 1. The molecule has 5 N–H and O–H groups in total. The summed E-state index contributed by atoms with van der Waals surface area (Å²) >= 11 is 0. The Morgan fingerprint density at radius 2 is 1.57 bits per heavy atom. The first-order chi connectivity index (χ1) is 16.3. The van der Waals surface area contributed by atoms with E-state index in [9.17, 15) is 27.1 Å². The zero-order chi connectivity index (χ0) is 26.8. The fraction of sp³-hybridized carbons (Fsp3) is 0.720. The second-order valence-electron chi connectivity index (χ2n) is 9.82. The van der Waals surface area contributed by atoms with E-state index in [0.29, 0.717) is 32.1 Å². The average molecular weight is 520 g/mol. The van der Waals surface area contributed by atoms with Crippen LogP contribution in [0.15, 0.2) is 18.2 Å². The first-order valence-corrected chi connectivity index (χ1v) is 14.2. The number of amides is 1. The minimum absolute atomic E-state index is 0.00178. The van der Waals surface area contributed by atoms with E-state index in [1.165, 1.54) is 4.90 Å². The Morgan fingerprint density at radius 3 is 2.06 bits per heavy atom. The molecule has 202 valence electrons. The third kappa shape index (κ3) is 10.9. The molecule has 0 unspecified atom stereocenters. The van der Waals surface area contributed by atoms with Crippen LogP contribution >= 0.6 is 0 Å². The highest BCUT2D eigenvalue weighted by Gasteiger charge is 2.32. The van der Waals surface area contributed by atoms with Crippen LogP contribution in [0.2, 0.25) is 0 Å². The number of halogens is 2. The number of aliphatic hydroxyl groups is 1. The summed E-state index contributed by atoms with van der Waals surface area (Å²) in [5, 5.41) is 10.1. The van der Waals surface area contributed by atoms with Crippen LogP contribution in [-0.2, 0) is 21.1 Å². The lowest BCUT2D eigenvalue weighted by Crippen LogP contribution is -2.53. The summed E-state index contributed by atoms with van der Waals surface area (Å²) in [6, 6.07) is 0.870. The molecule has 0 aromatic heterocycles. The van der Waals surface area contributed by atoms with Crippen LogP contribution in [0.5, 0.6) is 0 Å². The van der Waals surface area contributed by atoms with Crippen LogP contribution < -0.4 is 11.5 Å². The molecule has 35 heavy (non-hydrogen) atoms. The molecule has 10 heteroatoms. The van der Waals surface area contributed by atoms with Crippen LogP contribution in [0.4, 0.5) is 8.78 Å². The highest BCUT2D eigenvalue weighted by Crippen LogP contribution is 2.18. The summed E-state index contributed by atoms with van der Waals surface area (Å²) in [5.41, 5.74) is 12.4. The van der Waals surface area contributed by atoms with Crippen LogP contribution in [0.25, 0.3) is 0 Å². The molecule has 0 aliphatic carbocycles. The molecule has 1 aromatic rings. The van der Waals surface area contributed by atoms with Crippen molar-refractivity contribution < 1.29 is 27.1 Å². The number of nitrogens with two attached hydrogens (primary N) is 2. The van der Waals surface area contributed by atoms with E-state index in [0.717, 1.165) is 18.2 Å². The predicted molar refractivity (Wildman–Crippen MR) is 135 cm³/mol. The monoisotopic (exact) mass is 519 g/mol. The van der Waals surface area contributed by atoms with E-state index >= 15 is 0 Å². The summed E-state index contributed by atoms with van der Waals surface area (Å²) in [7, 11) is -3.58. The van der Waals surface area contributed by atoms with Crippen LogP contribution in [0, 0.1) is 17.6 Å². The number of sulfone groups is 1. The second kappa shape index (κ2) is 14.8. The van der Waals surface area contributed by atoms with Gasteiger partial charge in [-0.25, -0.2) is 17.2 Å². The van der Waals surface area contributed by atoms with Gasteiger partial charge in [0.25, 0.3) is 0 Å². The minimum atomic E-state index is -3.58. The lowest BCUT2D eigenvalue weighted by atomic mass is 10.0. The summed E-state index contributed by atoms with van der Waals surface area (Å²) < 4.78 is 52.8. The Balaban J connectivity index is 2.95. The third-order valence-corrected chi connectivity index (χ3v) is 8.35. The number of nitrogens with zero attached hydrogens (tertiary/aromatic N) is 1. The summed E-state index contributed by atoms with van der Waals surface area (Å²) in [6.45, 7) is 7.91. The first-order valence-electron chi connectivity index (χ1n) is 12.4. The predicted octanol–water partition coefficient (Wildman–Crippen LogP) is 2.78. The molecule has 7 nitrogen and oxygen atoms in total. The van der Waals surface area contributed by atoms with E-state index in [4.69, 9.17) is 11.5 Å². The van der Waals surface area contributed by atoms with Crippen molar-refractivity contribution in [2.45, 2.75) is 89.7 Å². The van der Waals surface area contributed by atoms with E-state index in [1.54, 1.807) is 0 Å². The van der Waals surface area contributed by atoms with E-state index in [1.807, 2.05) is 27.7 Å². The van der Waals surface area contributed by atoms with Gasteiger partial charge in [0.1, 0.15) is 11.6 Å². The summed E-state index contributed by atoms with van der Waals surface area (Å²) in [6.07, 6.45) is 1.88. The quantitative estimate of drug-likeness (QED) is 0.308. The minimum Gasteiger partial charge on any atom is -0.390 e. The molecule has 0 aliphatic rings. The SMILES string of the molecule is CCCC(CCC)S(=O)(=O)C[C@@H](N)C(=O)N(CCC(C)C)C[C@@H](O)[C@@H](N)Cc1cc(F)cc(F)c1. The lowest BCUT2D eigenvalue weighted by Gasteiger charge is -2.31. The van der Waals surface area contributed by atoms with Gasteiger partial charge >= 0.3 is 0 Å². The standard InChI is InChI=1S/C25H43F2N3O4S/c1-5-7-21(8-6-2)35(33,34)16-23(29)25(32)30(10-9-17(3)4)15-24(31)22(28)13-18-11-19(26)14-20(27)12-18/h11-12,14,17,21-24,31H,5-10,13,15-16,28-29H2,1-4H3/t22-,23+,24+/m0/s1. The molecule has 0 heterocycles. The molecule has 1 aromatic carbocycles. The molecule has 1 rings (SSSR count). The number of carbonyl (C=O) groups excluding carboxylic acids is 1. The Hall–Kier alpha value is -1.62. The van der Waals surface area contributed by atoms with E-state index < -0.39 is 56.6 Å². The van der Waals surface area contributed by atoms with Gasteiger partial charge in [0, 0.05) is 25.2 Å². The van der Waals surface area contributed by atoms with Gasteiger partial charge in [0.15, 0.2) is 9.84 Å². The van der Waals surface area contributed by atoms with Gasteiger partial charge in [-0.1, -0.05) is 40.5 Å². The maximum Gasteiger partial charge on any atom is 0.240 e. The Kier molecular flexibility index (Phi) is 13.3. The maximum atomic E-state index is 13.5. The highest BCUT2D eigenvalue weighted by molar-refractivity contribution is 7.92. The van der Waals surface area contributed by atoms with Crippen molar-refractivity contribution in [3.05, 3.63) is 35.4 Å². The van der Waals surface area contributed by atoms with Crippen molar-refractivity contribution in [3.63, 3.8) is 0 Å². The van der Waals surface area contributed by atoms with Crippen LogP contribution in [0.1, 0.15) is 65.4 Å². The number of benzene rings is 1. The topological polar surface area (TPSA) is 127 Å². The summed E-state index contributed by atoms with van der Waals surface area (Å²) in [4.78, 5) is 14.5. The van der Waals surface area contributed by atoms with Crippen LogP contribution in [-0.4, -0.2) is 66.6 Å². The largest absolute Gasteiger partial charge is 0.390 e.